The van der Waals surface area contributed by atoms with Crippen LogP contribution >= 0.6 is 0 Å². The maximum Gasteiger partial charge on any atom is 0.586 e. The van der Waals surface area contributed by atoms with Gasteiger partial charge in [0.15, 0.2) is 11.5 Å². The number of carbonyl (C=O) groups excluding carboxylic acids is 2. The van der Waals surface area contributed by atoms with E-state index in [1.807, 2.05) is 4.90 Å². The highest BCUT2D eigenvalue weighted by molar-refractivity contribution is 5.94. The Morgan fingerprint density at radius 3 is 2.43 bits per heavy atom. The summed E-state index contributed by atoms with van der Waals surface area (Å²) in [6, 6.07) is 5.89. The molecule has 0 atom stereocenters. The molecule has 0 aliphatic carbocycles. The largest absolute Gasteiger partial charge is 0.586 e. The number of ether oxygens (including phenoxy) is 3. The number of nitrogens with zero attached hydrogens (tertiary/aromatic N) is 5. The number of benzene rings is 1. The van der Waals surface area contributed by atoms with Crippen LogP contribution in [0.2, 0.25) is 0 Å². The molecular formula is C23H23F2N5O5. The van der Waals surface area contributed by atoms with Gasteiger partial charge in [-0.1, -0.05) is 6.07 Å². The fraction of sp³-hybridized carbons (Fsp3) is 0.391. The zero-order chi connectivity index (χ0) is 24.4. The van der Waals surface area contributed by atoms with E-state index in [1.165, 1.54) is 24.3 Å². The van der Waals surface area contributed by atoms with E-state index in [2.05, 4.69) is 19.4 Å². The summed E-state index contributed by atoms with van der Waals surface area (Å²) < 4.78 is 40.5. The standard InChI is InChI=1S/C23H23F2N5O5/c24-23(25)34-18-3-1-16(15-19(18)35-23)2-4-20(31)28-7-9-29(10-8-28)21(32)17-5-6-26-22(27-17)30-11-13-33-14-12-30/h1-6,15H,7-14H2/b4-2+. The number of amides is 2. The van der Waals surface area contributed by atoms with Crippen molar-refractivity contribution >= 4 is 23.8 Å². The maximum atomic E-state index is 13.2. The van der Waals surface area contributed by atoms with Crippen LogP contribution in [0.1, 0.15) is 16.1 Å². The van der Waals surface area contributed by atoms with Crippen molar-refractivity contribution in [3.8, 4) is 11.5 Å². The number of morpholine rings is 1. The Bertz CT molecular complexity index is 1150. The normalized spacial score (nSPS) is 19.3. The van der Waals surface area contributed by atoms with Gasteiger partial charge in [0.1, 0.15) is 5.69 Å². The van der Waals surface area contributed by atoms with Gasteiger partial charge in [-0.15, -0.1) is 8.78 Å². The van der Waals surface area contributed by atoms with Crippen LogP contribution in [-0.2, 0) is 9.53 Å². The Morgan fingerprint density at radius 1 is 0.943 bits per heavy atom. The lowest BCUT2D eigenvalue weighted by Crippen LogP contribution is -2.50. The highest BCUT2D eigenvalue weighted by Crippen LogP contribution is 2.41. The molecule has 0 unspecified atom stereocenters. The van der Waals surface area contributed by atoms with Crippen molar-refractivity contribution < 1.29 is 32.6 Å². The molecule has 184 valence electrons. The number of hydrogen-bond donors (Lipinski definition) is 0. The molecule has 0 radical (unpaired) electrons. The molecule has 2 saturated heterocycles. The van der Waals surface area contributed by atoms with E-state index < -0.39 is 6.29 Å². The Kier molecular flexibility index (Phi) is 6.20. The molecule has 10 nitrogen and oxygen atoms in total. The minimum Gasteiger partial charge on any atom is -0.395 e. The van der Waals surface area contributed by atoms with Gasteiger partial charge in [-0.3, -0.25) is 9.59 Å². The summed E-state index contributed by atoms with van der Waals surface area (Å²) >= 11 is 0. The molecule has 0 N–H and O–H groups in total. The van der Waals surface area contributed by atoms with Gasteiger partial charge in [0.2, 0.25) is 11.9 Å². The molecule has 1 aromatic heterocycles. The first kappa shape index (κ1) is 23.0. The Hall–Kier alpha value is -3.80. The van der Waals surface area contributed by atoms with E-state index >= 15 is 0 Å². The second-order valence-corrected chi connectivity index (χ2v) is 8.17. The van der Waals surface area contributed by atoms with Crippen LogP contribution in [0.3, 0.4) is 0 Å². The first-order valence-electron chi connectivity index (χ1n) is 11.2. The van der Waals surface area contributed by atoms with Crippen molar-refractivity contribution in [2.24, 2.45) is 0 Å². The number of carbonyl (C=O) groups is 2. The van der Waals surface area contributed by atoms with Crippen molar-refractivity contribution in [3.63, 3.8) is 0 Å². The number of aromatic nitrogens is 2. The van der Waals surface area contributed by atoms with Crippen molar-refractivity contribution in [1.82, 2.24) is 19.8 Å². The Labute approximate surface area is 199 Å². The van der Waals surface area contributed by atoms with Gasteiger partial charge < -0.3 is 28.9 Å². The van der Waals surface area contributed by atoms with E-state index in [4.69, 9.17) is 4.74 Å². The van der Waals surface area contributed by atoms with Crippen molar-refractivity contribution in [2.45, 2.75) is 6.29 Å². The van der Waals surface area contributed by atoms with Crippen molar-refractivity contribution in [2.75, 3.05) is 57.4 Å². The summed E-state index contributed by atoms with van der Waals surface area (Å²) in [5.74, 6) is -0.0815. The number of alkyl halides is 2. The molecule has 0 bridgehead atoms. The molecule has 1 aromatic carbocycles. The minimum absolute atomic E-state index is 0.0555. The first-order valence-corrected chi connectivity index (χ1v) is 11.2. The molecule has 2 aromatic rings. The monoisotopic (exact) mass is 487 g/mol. The number of piperazine rings is 1. The molecule has 4 heterocycles. The van der Waals surface area contributed by atoms with Gasteiger partial charge in [-0.05, 0) is 29.8 Å². The van der Waals surface area contributed by atoms with Crippen LogP contribution in [0.4, 0.5) is 14.7 Å². The predicted octanol–water partition coefficient (Wildman–Crippen LogP) is 1.63. The lowest BCUT2D eigenvalue weighted by molar-refractivity contribution is -0.286. The summed E-state index contributed by atoms with van der Waals surface area (Å²) in [7, 11) is 0. The zero-order valence-electron chi connectivity index (χ0n) is 18.7. The molecule has 2 fully saturated rings. The lowest BCUT2D eigenvalue weighted by atomic mass is 10.2. The van der Waals surface area contributed by atoms with Crippen LogP contribution in [0.25, 0.3) is 6.08 Å². The third kappa shape index (κ3) is 5.16. The van der Waals surface area contributed by atoms with E-state index in [-0.39, 0.29) is 23.3 Å². The number of fused-ring (bicyclic) bond motifs is 1. The highest BCUT2D eigenvalue weighted by Gasteiger charge is 2.43. The van der Waals surface area contributed by atoms with Crippen molar-refractivity contribution in [3.05, 3.63) is 47.8 Å². The second kappa shape index (κ2) is 9.45. The molecule has 35 heavy (non-hydrogen) atoms. The lowest BCUT2D eigenvalue weighted by Gasteiger charge is -2.34. The quantitative estimate of drug-likeness (QED) is 0.601. The fourth-order valence-corrected chi connectivity index (χ4v) is 4.02. The van der Waals surface area contributed by atoms with Gasteiger partial charge in [0, 0.05) is 51.5 Å². The van der Waals surface area contributed by atoms with E-state index in [1.54, 1.807) is 28.1 Å². The van der Waals surface area contributed by atoms with Gasteiger partial charge >= 0.3 is 6.29 Å². The first-order chi connectivity index (χ1) is 16.9. The van der Waals surface area contributed by atoms with Crippen LogP contribution in [0, 0.1) is 0 Å². The molecule has 5 rings (SSSR count). The van der Waals surface area contributed by atoms with Crippen LogP contribution < -0.4 is 14.4 Å². The average molecular weight is 487 g/mol. The number of hydrogen-bond acceptors (Lipinski definition) is 8. The molecule has 2 amide bonds. The Morgan fingerprint density at radius 2 is 1.66 bits per heavy atom. The third-order valence-corrected chi connectivity index (χ3v) is 5.88. The maximum absolute atomic E-state index is 13.2. The smallest absolute Gasteiger partial charge is 0.395 e. The average Bonchev–Trinajstić information content (AvgIpc) is 3.20. The fourth-order valence-electron chi connectivity index (χ4n) is 4.02. The molecule has 12 heteroatoms. The topological polar surface area (TPSA) is 97.3 Å². The van der Waals surface area contributed by atoms with Gasteiger partial charge in [-0.2, -0.15) is 0 Å². The summed E-state index contributed by atoms with van der Waals surface area (Å²) in [5.41, 5.74) is 0.835. The molecule has 3 aliphatic heterocycles. The molecule has 0 saturated carbocycles. The molecular weight excluding hydrogens is 464 g/mol. The van der Waals surface area contributed by atoms with Crippen LogP contribution in [-0.4, -0.2) is 90.4 Å². The number of anilines is 1. The Balaban J connectivity index is 1.16. The third-order valence-electron chi connectivity index (χ3n) is 5.88. The van der Waals surface area contributed by atoms with Gasteiger partial charge in [0.25, 0.3) is 5.91 Å². The summed E-state index contributed by atoms with van der Waals surface area (Å²) in [4.78, 5) is 39.5. The van der Waals surface area contributed by atoms with E-state index in [0.29, 0.717) is 69.7 Å². The predicted molar refractivity (Wildman–Crippen MR) is 119 cm³/mol. The number of rotatable bonds is 4. The zero-order valence-corrected chi connectivity index (χ0v) is 18.7. The van der Waals surface area contributed by atoms with Gasteiger partial charge in [0.05, 0.1) is 13.2 Å². The van der Waals surface area contributed by atoms with Crippen LogP contribution in [0.5, 0.6) is 11.5 Å². The van der Waals surface area contributed by atoms with E-state index in [0.717, 1.165) is 0 Å². The molecule has 0 spiro atoms. The number of halogens is 2. The highest BCUT2D eigenvalue weighted by atomic mass is 19.3. The summed E-state index contributed by atoms with van der Waals surface area (Å²) in [6.45, 7) is 4.00. The van der Waals surface area contributed by atoms with Crippen molar-refractivity contribution in [1.29, 1.82) is 0 Å². The van der Waals surface area contributed by atoms with Gasteiger partial charge in [-0.25, -0.2) is 9.97 Å². The summed E-state index contributed by atoms with van der Waals surface area (Å²) in [6.07, 6.45) is 0.778. The summed E-state index contributed by atoms with van der Waals surface area (Å²) in [5, 5.41) is 0. The second-order valence-electron chi connectivity index (χ2n) is 8.17. The van der Waals surface area contributed by atoms with Crippen LogP contribution in [0.15, 0.2) is 36.5 Å². The SMILES string of the molecule is O=C(/C=C/c1ccc2c(c1)OC(F)(F)O2)N1CCN(C(=O)c2ccnc(N3CCOCC3)n2)CC1. The minimum atomic E-state index is -3.69. The molecule has 3 aliphatic rings. The van der Waals surface area contributed by atoms with E-state index in [9.17, 15) is 18.4 Å².